The van der Waals surface area contributed by atoms with Crippen LogP contribution in [-0.4, -0.2) is 73.4 Å². The summed E-state index contributed by atoms with van der Waals surface area (Å²) in [7, 11) is 1.62. The van der Waals surface area contributed by atoms with Gasteiger partial charge in [0.25, 0.3) is 0 Å². The molecular weight excluding hydrogens is 635 g/mol. The number of hydrogen-bond acceptors (Lipinski definition) is 5. The number of nitrogens with one attached hydrogen (secondary N) is 1. The van der Waals surface area contributed by atoms with Gasteiger partial charge in [-0.2, -0.15) is 0 Å². The molecule has 0 heterocycles. The van der Waals surface area contributed by atoms with Crippen LogP contribution in [0.3, 0.4) is 0 Å². The molecular formula is C40H84N2O6P+. The van der Waals surface area contributed by atoms with Gasteiger partial charge in [-0.15, -0.1) is 0 Å². The fraction of sp³-hybridized carbons (Fsp3) is 0.975. The number of hydrogen-bond donors (Lipinski definition) is 3. The molecule has 0 aromatic heterocycles. The van der Waals surface area contributed by atoms with Crippen LogP contribution in [0.5, 0.6) is 0 Å². The summed E-state index contributed by atoms with van der Waals surface area (Å²) < 4.78 is 23.4. The van der Waals surface area contributed by atoms with Gasteiger partial charge in [0, 0.05) is 6.42 Å². The Morgan fingerprint density at radius 3 is 1.37 bits per heavy atom. The lowest BCUT2D eigenvalue weighted by Crippen LogP contribution is -2.46. The van der Waals surface area contributed by atoms with Gasteiger partial charge in [0.05, 0.1) is 39.9 Å². The van der Waals surface area contributed by atoms with E-state index in [1.165, 1.54) is 122 Å². The summed E-state index contributed by atoms with van der Waals surface area (Å²) in [6.45, 7) is 4.81. The molecule has 0 rings (SSSR count). The van der Waals surface area contributed by atoms with Gasteiger partial charge in [0.2, 0.25) is 5.91 Å². The Bertz CT molecular complexity index is 778. The first-order valence-electron chi connectivity index (χ1n) is 20.9. The smallest absolute Gasteiger partial charge is 0.391 e. The van der Waals surface area contributed by atoms with Crippen LogP contribution in [0, 0.1) is 0 Å². The highest BCUT2D eigenvalue weighted by atomic mass is 31.2. The van der Waals surface area contributed by atoms with Gasteiger partial charge in [0.15, 0.2) is 0 Å². The van der Waals surface area contributed by atoms with Crippen LogP contribution in [0.25, 0.3) is 0 Å². The van der Waals surface area contributed by atoms with E-state index in [2.05, 4.69) is 19.2 Å². The van der Waals surface area contributed by atoms with E-state index in [4.69, 9.17) is 9.05 Å². The van der Waals surface area contributed by atoms with E-state index in [-0.39, 0.29) is 19.1 Å². The maximum absolute atomic E-state index is 12.6. The average Bonchev–Trinajstić information content (AvgIpc) is 3.04. The first-order chi connectivity index (χ1) is 23.5. The summed E-state index contributed by atoms with van der Waals surface area (Å²) in [6.07, 6.45) is 34.6. The fourth-order valence-electron chi connectivity index (χ4n) is 6.22. The van der Waals surface area contributed by atoms with Gasteiger partial charge < -0.3 is 19.8 Å². The van der Waals surface area contributed by atoms with Crippen molar-refractivity contribution in [2.45, 2.75) is 212 Å². The zero-order valence-corrected chi connectivity index (χ0v) is 34.1. The van der Waals surface area contributed by atoms with Crippen molar-refractivity contribution in [2.75, 3.05) is 40.9 Å². The predicted octanol–water partition coefficient (Wildman–Crippen LogP) is 11.0. The SMILES string of the molecule is CCCCCCCCCCCCCCCCCCCCCCCCC(O)C(COP(=O)(O)OCC[N+](C)(C)C)NC(=O)CCCCCCC. The molecule has 9 heteroatoms. The minimum atomic E-state index is -4.29. The van der Waals surface area contributed by atoms with E-state index in [9.17, 15) is 19.4 Å². The first-order valence-corrected chi connectivity index (χ1v) is 22.4. The second-order valence-electron chi connectivity index (χ2n) is 15.7. The van der Waals surface area contributed by atoms with Crippen molar-refractivity contribution in [3.05, 3.63) is 0 Å². The number of likely N-dealkylation sites (N-methyl/N-ethyl adjacent to an activating group) is 1. The number of rotatable bonds is 38. The number of aliphatic hydroxyl groups is 1. The molecule has 1 amide bonds. The van der Waals surface area contributed by atoms with Crippen molar-refractivity contribution in [1.82, 2.24) is 5.32 Å². The average molecular weight is 720 g/mol. The fourth-order valence-corrected chi connectivity index (χ4v) is 6.96. The molecule has 3 N–H and O–H groups in total. The van der Waals surface area contributed by atoms with Crippen molar-refractivity contribution in [3.8, 4) is 0 Å². The summed E-state index contributed by atoms with van der Waals surface area (Å²) in [5.74, 6) is -0.156. The minimum Gasteiger partial charge on any atom is -0.391 e. The van der Waals surface area contributed by atoms with Crippen molar-refractivity contribution >= 4 is 13.7 Å². The topological polar surface area (TPSA) is 105 Å². The molecule has 0 radical (unpaired) electrons. The van der Waals surface area contributed by atoms with E-state index >= 15 is 0 Å². The van der Waals surface area contributed by atoms with Gasteiger partial charge in [0.1, 0.15) is 13.2 Å². The summed E-state index contributed by atoms with van der Waals surface area (Å²) >= 11 is 0. The van der Waals surface area contributed by atoms with Crippen LogP contribution in [0.2, 0.25) is 0 Å². The standard InChI is InChI=1S/C40H83N2O6P/c1-6-8-10-12-13-14-15-16-17-18-19-20-21-22-23-24-25-26-27-28-30-31-33-39(43)38(41-40(44)34-32-29-11-9-7-2)37-48-49(45,46)47-36-35-42(3,4)5/h38-39,43H,6-37H2,1-5H3,(H-,41,44,45,46)/p+1. The quantitative estimate of drug-likeness (QED) is 0.0333. The Hall–Kier alpha value is -0.500. The van der Waals surface area contributed by atoms with Gasteiger partial charge in [-0.05, 0) is 12.8 Å². The minimum absolute atomic E-state index is 0.0775. The van der Waals surface area contributed by atoms with Crippen molar-refractivity contribution in [2.24, 2.45) is 0 Å². The van der Waals surface area contributed by atoms with Crippen LogP contribution in [0.4, 0.5) is 0 Å². The molecule has 0 aliphatic carbocycles. The Kier molecular flexibility index (Phi) is 33.0. The number of nitrogens with zero attached hydrogens (tertiary/aromatic N) is 1. The molecule has 0 fully saturated rings. The lowest BCUT2D eigenvalue weighted by atomic mass is 10.0. The van der Waals surface area contributed by atoms with Gasteiger partial charge in [-0.1, -0.05) is 181 Å². The maximum Gasteiger partial charge on any atom is 0.472 e. The molecule has 294 valence electrons. The summed E-state index contributed by atoms with van der Waals surface area (Å²) in [4.78, 5) is 22.8. The van der Waals surface area contributed by atoms with Crippen molar-refractivity contribution in [1.29, 1.82) is 0 Å². The van der Waals surface area contributed by atoms with Crippen LogP contribution < -0.4 is 5.32 Å². The largest absolute Gasteiger partial charge is 0.472 e. The predicted molar refractivity (Wildman–Crippen MR) is 208 cm³/mol. The highest BCUT2D eigenvalue weighted by Gasteiger charge is 2.28. The lowest BCUT2D eigenvalue weighted by Gasteiger charge is -2.26. The molecule has 0 bridgehead atoms. The molecule has 0 aliphatic rings. The Balaban J connectivity index is 4.07. The van der Waals surface area contributed by atoms with Crippen molar-refractivity contribution in [3.63, 3.8) is 0 Å². The number of amides is 1. The molecule has 3 unspecified atom stereocenters. The Morgan fingerprint density at radius 1 is 0.612 bits per heavy atom. The van der Waals surface area contributed by atoms with Crippen LogP contribution in [0.15, 0.2) is 0 Å². The van der Waals surface area contributed by atoms with Crippen LogP contribution in [-0.2, 0) is 18.4 Å². The van der Waals surface area contributed by atoms with Crippen LogP contribution in [0.1, 0.15) is 200 Å². The molecule has 0 spiro atoms. The third-order valence-electron chi connectivity index (χ3n) is 9.61. The molecule has 0 saturated carbocycles. The van der Waals surface area contributed by atoms with E-state index < -0.39 is 20.0 Å². The first kappa shape index (κ1) is 48.5. The number of carbonyl (C=O) groups is 1. The third kappa shape index (κ3) is 35.7. The number of quaternary nitrogens is 1. The number of phosphoric ester groups is 1. The number of aliphatic hydroxyl groups excluding tert-OH is 1. The van der Waals surface area contributed by atoms with Gasteiger partial charge in [-0.25, -0.2) is 4.57 Å². The third-order valence-corrected chi connectivity index (χ3v) is 10.6. The Morgan fingerprint density at radius 2 is 0.980 bits per heavy atom. The maximum atomic E-state index is 12.6. The van der Waals surface area contributed by atoms with E-state index in [1.807, 2.05) is 21.1 Å². The molecule has 8 nitrogen and oxygen atoms in total. The second-order valence-corrected chi connectivity index (χ2v) is 17.2. The molecule has 0 saturated heterocycles. The molecule has 49 heavy (non-hydrogen) atoms. The van der Waals surface area contributed by atoms with E-state index in [0.717, 1.165) is 51.4 Å². The van der Waals surface area contributed by atoms with E-state index in [0.29, 0.717) is 23.9 Å². The number of phosphoric acid groups is 1. The molecule has 0 aromatic carbocycles. The summed E-state index contributed by atoms with van der Waals surface area (Å²) in [5.41, 5.74) is 0. The number of unbranched alkanes of at least 4 members (excludes halogenated alkanes) is 25. The molecule has 0 aromatic rings. The monoisotopic (exact) mass is 720 g/mol. The molecule has 0 aliphatic heterocycles. The highest BCUT2D eigenvalue weighted by molar-refractivity contribution is 7.47. The summed E-state index contributed by atoms with van der Waals surface area (Å²) in [5, 5.41) is 13.8. The zero-order valence-electron chi connectivity index (χ0n) is 33.2. The van der Waals surface area contributed by atoms with Gasteiger partial charge in [-0.3, -0.25) is 13.8 Å². The van der Waals surface area contributed by atoms with Gasteiger partial charge >= 0.3 is 7.82 Å². The Labute approximate surface area is 304 Å². The van der Waals surface area contributed by atoms with Crippen LogP contribution >= 0.6 is 7.82 Å². The second kappa shape index (κ2) is 33.3. The van der Waals surface area contributed by atoms with Crippen molar-refractivity contribution < 1.29 is 32.9 Å². The molecule has 3 atom stereocenters. The van der Waals surface area contributed by atoms with E-state index in [1.54, 1.807) is 0 Å². The number of carbonyl (C=O) groups excluding carboxylic acids is 1. The lowest BCUT2D eigenvalue weighted by molar-refractivity contribution is -0.870. The highest BCUT2D eigenvalue weighted by Crippen LogP contribution is 2.43. The summed E-state index contributed by atoms with van der Waals surface area (Å²) in [6, 6.07) is -0.750. The zero-order chi connectivity index (χ0) is 36.5. The normalized spacial score (nSPS) is 14.5.